The van der Waals surface area contributed by atoms with Gasteiger partial charge in [0.25, 0.3) is 5.56 Å². The summed E-state index contributed by atoms with van der Waals surface area (Å²) in [4.78, 5) is 31.1. The van der Waals surface area contributed by atoms with Gasteiger partial charge in [0.1, 0.15) is 5.82 Å². The molecule has 2 aromatic heterocycles. The third kappa shape index (κ3) is 4.82. The van der Waals surface area contributed by atoms with E-state index in [1.165, 1.54) is 12.1 Å². The Balaban J connectivity index is 1.51. The molecule has 1 amide bonds. The summed E-state index contributed by atoms with van der Waals surface area (Å²) >= 11 is 0. The van der Waals surface area contributed by atoms with E-state index >= 15 is 0 Å². The molecule has 3 aromatic rings. The first-order chi connectivity index (χ1) is 13.2. The number of fused-ring (bicyclic) bond motifs is 1. The van der Waals surface area contributed by atoms with E-state index in [0.717, 1.165) is 5.39 Å². The van der Waals surface area contributed by atoms with Gasteiger partial charge < -0.3 is 14.8 Å². The lowest BCUT2D eigenvalue weighted by molar-refractivity contribution is -0.121. The van der Waals surface area contributed by atoms with Crippen LogP contribution < -0.4 is 10.9 Å². The Labute approximate surface area is 161 Å². The summed E-state index contributed by atoms with van der Waals surface area (Å²) in [6.07, 6.45) is 0.938. The number of aryl methyl sites for hydroxylation is 1. The number of nitrogens with zero attached hydrogens (tertiary/aromatic N) is 2. The van der Waals surface area contributed by atoms with Crippen LogP contribution in [0.4, 0.5) is 4.39 Å². The fourth-order valence-corrected chi connectivity index (χ4v) is 2.71. The van der Waals surface area contributed by atoms with E-state index in [0.29, 0.717) is 42.2 Å². The first-order valence-electron chi connectivity index (χ1n) is 9.13. The zero-order valence-electron chi connectivity index (χ0n) is 16.1. The predicted octanol–water partition coefficient (Wildman–Crippen LogP) is 2.64. The zero-order chi connectivity index (χ0) is 20.3. The molecular weight excluding hydrogens is 363 g/mol. The van der Waals surface area contributed by atoms with Crippen LogP contribution in [-0.2, 0) is 23.1 Å². The molecule has 28 heavy (non-hydrogen) atoms. The normalized spacial score (nSPS) is 11.7. The third-order valence-electron chi connectivity index (χ3n) is 4.29. The second kappa shape index (κ2) is 7.92. The third-order valence-corrected chi connectivity index (χ3v) is 4.29. The number of nitrogens with one attached hydrogen (secondary N) is 2. The fourth-order valence-electron chi connectivity index (χ4n) is 2.71. The number of amides is 1. The Morgan fingerprint density at radius 1 is 1.25 bits per heavy atom. The number of hydrogen-bond acceptors (Lipinski definition) is 5. The predicted molar refractivity (Wildman–Crippen MR) is 103 cm³/mol. The SMILES string of the molecule is CC(C)(C)c1nc(CCNC(=O)CCc2cc3ccc(F)cc3[nH]c2=O)no1. The molecule has 0 unspecified atom stereocenters. The number of aromatic nitrogens is 3. The van der Waals surface area contributed by atoms with Crippen LogP contribution in [0.3, 0.4) is 0 Å². The van der Waals surface area contributed by atoms with Gasteiger partial charge in [-0.05, 0) is 36.1 Å². The minimum absolute atomic E-state index is 0.168. The maximum absolute atomic E-state index is 13.2. The number of H-pyrrole nitrogens is 1. The maximum atomic E-state index is 13.2. The second-order valence-electron chi connectivity index (χ2n) is 7.72. The van der Waals surface area contributed by atoms with Gasteiger partial charge in [-0.1, -0.05) is 25.9 Å². The molecular formula is C20H23FN4O3. The van der Waals surface area contributed by atoms with Gasteiger partial charge in [-0.3, -0.25) is 9.59 Å². The zero-order valence-corrected chi connectivity index (χ0v) is 16.1. The number of carbonyl (C=O) groups excluding carboxylic acids is 1. The van der Waals surface area contributed by atoms with Crippen LogP contribution in [0.25, 0.3) is 10.9 Å². The van der Waals surface area contributed by atoms with Crippen LogP contribution in [0.1, 0.15) is 44.5 Å². The first kappa shape index (κ1) is 19.7. The lowest BCUT2D eigenvalue weighted by atomic mass is 9.97. The molecule has 8 heteroatoms. The molecule has 3 rings (SSSR count). The maximum Gasteiger partial charge on any atom is 0.251 e. The van der Waals surface area contributed by atoms with E-state index < -0.39 is 5.82 Å². The van der Waals surface area contributed by atoms with E-state index in [2.05, 4.69) is 20.4 Å². The van der Waals surface area contributed by atoms with Crippen LogP contribution in [0.5, 0.6) is 0 Å². The molecule has 0 aliphatic carbocycles. The number of aromatic amines is 1. The van der Waals surface area contributed by atoms with Crippen LogP contribution in [-0.4, -0.2) is 27.6 Å². The van der Waals surface area contributed by atoms with E-state index in [-0.39, 0.29) is 23.3 Å². The van der Waals surface area contributed by atoms with Crippen molar-refractivity contribution < 1.29 is 13.7 Å². The van der Waals surface area contributed by atoms with E-state index in [1.807, 2.05) is 20.8 Å². The van der Waals surface area contributed by atoms with Crippen molar-refractivity contribution in [1.82, 2.24) is 20.4 Å². The number of hydrogen-bond donors (Lipinski definition) is 2. The molecule has 0 bridgehead atoms. The van der Waals surface area contributed by atoms with Crippen LogP contribution >= 0.6 is 0 Å². The summed E-state index contributed by atoms with van der Waals surface area (Å²) in [5, 5.41) is 7.43. The van der Waals surface area contributed by atoms with Crippen molar-refractivity contribution in [2.45, 2.75) is 45.4 Å². The highest BCUT2D eigenvalue weighted by molar-refractivity contribution is 5.79. The average molecular weight is 386 g/mol. The molecule has 0 radical (unpaired) electrons. The molecule has 0 aliphatic rings. The average Bonchev–Trinajstić information content (AvgIpc) is 3.09. The van der Waals surface area contributed by atoms with Crippen LogP contribution in [0.15, 0.2) is 33.6 Å². The summed E-state index contributed by atoms with van der Waals surface area (Å²) in [6, 6.07) is 5.89. The van der Waals surface area contributed by atoms with Gasteiger partial charge in [-0.2, -0.15) is 4.98 Å². The Bertz CT molecular complexity index is 1050. The van der Waals surface area contributed by atoms with Gasteiger partial charge in [-0.25, -0.2) is 4.39 Å². The van der Waals surface area contributed by atoms with Crippen LogP contribution in [0.2, 0.25) is 0 Å². The van der Waals surface area contributed by atoms with Crippen molar-refractivity contribution >= 4 is 16.8 Å². The van der Waals surface area contributed by atoms with Crippen molar-refractivity contribution in [3.8, 4) is 0 Å². The molecule has 0 saturated carbocycles. The smallest absolute Gasteiger partial charge is 0.251 e. The van der Waals surface area contributed by atoms with Gasteiger partial charge in [0, 0.05) is 30.4 Å². The lowest BCUT2D eigenvalue weighted by Gasteiger charge is -2.10. The molecule has 1 aromatic carbocycles. The molecule has 2 heterocycles. The highest BCUT2D eigenvalue weighted by Crippen LogP contribution is 2.19. The number of halogens is 1. The summed E-state index contributed by atoms with van der Waals surface area (Å²) in [7, 11) is 0. The number of rotatable bonds is 6. The minimum atomic E-state index is -0.411. The lowest BCUT2D eigenvalue weighted by Crippen LogP contribution is -2.27. The summed E-state index contributed by atoms with van der Waals surface area (Å²) in [5.74, 6) is 0.525. The van der Waals surface area contributed by atoms with E-state index in [1.54, 1.807) is 12.1 Å². The van der Waals surface area contributed by atoms with E-state index in [9.17, 15) is 14.0 Å². The Hall–Kier alpha value is -3.03. The molecule has 0 spiro atoms. The molecule has 7 nitrogen and oxygen atoms in total. The van der Waals surface area contributed by atoms with Crippen LogP contribution in [0, 0.1) is 5.82 Å². The largest absolute Gasteiger partial charge is 0.356 e. The minimum Gasteiger partial charge on any atom is -0.356 e. The fraction of sp³-hybridized carbons (Fsp3) is 0.400. The van der Waals surface area contributed by atoms with Gasteiger partial charge >= 0.3 is 0 Å². The van der Waals surface area contributed by atoms with Gasteiger partial charge in [0.2, 0.25) is 11.8 Å². The summed E-state index contributed by atoms with van der Waals surface area (Å²) in [6.45, 7) is 6.33. The first-order valence-corrected chi connectivity index (χ1v) is 9.13. The Kier molecular flexibility index (Phi) is 5.58. The second-order valence-corrected chi connectivity index (χ2v) is 7.72. The van der Waals surface area contributed by atoms with Crippen molar-refractivity contribution in [2.75, 3.05) is 6.54 Å². The van der Waals surface area contributed by atoms with Crippen molar-refractivity contribution in [2.24, 2.45) is 0 Å². The molecule has 0 fully saturated rings. The quantitative estimate of drug-likeness (QED) is 0.678. The molecule has 0 aliphatic heterocycles. The van der Waals surface area contributed by atoms with Gasteiger partial charge in [0.05, 0.1) is 5.52 Å². The topological polar surface area (TPSA) is 101 Å². The summed E-state index contributed by atoms with van der Waals surface area (Å²) in [5.41, 5.74) is 0.398. The highest BCUT2D eigenvalue weighted by Gasteiger charge is 2.21. The highest BCUT2D eigenvalue weighted by atomic mass is 19.1. The number of carbonyl (C=O) groups is 1. The van der Waals surface area contributed by atoms with Gasteiger partial charge in [0.15, 0.2) is 5.82 Å². The molecule has 2 N–H and O–H groups in total. The Morgan fingerprint density at radius 3 is 2.75 bits per heavy atom. The summed E-state index contributed by atoms with van der Waals surface area (Å²) < 4.78 is 18.4. The standard InChI is InChI=1S/C20H23FN4O3/c1-20(2,3)19-24-16(25-28-19)8-9-22-17(26)7-5-13-10-12-4-6-14(21)11-15(12)23-18(13)27/h4,6,10-11H,5,7-9H2,1-3H3,(H,22,26)(H,23,27). The van der Waals surface area contributed by atoms with E-state index in [4.69, 9.17) is 4.52 Å². The molecule has 0 atom stereocenters. The molecule has 148 valence electrons. The van der Waals surface area contributed by atoms with Crippen molar-refractivity contribution in [3.05, 3.63) is 57.7 Å². The van der Waals surface area contributed by atoms with Crippen molar-refractivity contribution in [3.63, 3.8) is 0 Å². The number of pyridine rings is 1. The molecule has 0 saturated heterocycles. The monoisotopic (exact) mass is 386 g/mol. The Morgan fingerprint density at radius 2 is 2.04 bits per heavy atom. The van der Waals surface area contributed by atoms with Gasteiger partial charge in [-0.15, -0.1) is 0 Å². The number of benzene rings is 1. The van der Waals surface area contributed by atoms with Crippen molar-refractivity contribution in [1.29, 1.82) is 0 Å².